The van der Waals surface area contributed by atoms with E-state index in [2.05, 4.69) is 0 Å². The lowest BCUT2D eigenvalue weighted by atomic mass is 10.0. The monoisotopic (exact) mass is 278 g/mol. The van der Waals surface area contributed by atoms with E-state index in [4.69, 9.17) is 11.6 Å². The van der Waals surface area contributed by atoms with E-state index in [1.165, 1.54) is 6.07 Å². The predicted molar refractivity (Wildman–Crippen MR) is 70.2 cm³/mol. The van der Waals surface area contributed by atoms with Crippen molar-refractivity contribution in [3.05, 3.63) is 67.7 Å². The van der Waals surface area contributed by atoms with Crippen molar-refractivity contribution in [2.24, 2.45) is 0 Å². The Hall–Kier alpha value is -2.47. The SMILES string of the molecule is O=[N+]([O-])c1cc(Cl)cc(-c2ccccc2)c1[N+](=O)[O-]. The highest BCUT2D eigenvalue weighted by molar-refractivity contribution is 6.31. The second-order valence-electron chi connectivity index (χ2n) is 3.70. The summed E-state index contributed by atoms with van der Waals surface area (Å²) in [6.07, 6.45) is 0. The molecule has 7 heteroatoms. The van der Waals surface area contributed by atoms with Gasteiger partial charge in [-0.05, 0) is 11.6 Å². The lowest BCUT2D eigenvalue weighted by Crippen LogP contribution is -1.99. The Labute approximate surface area is 112 Å². The zero-order chi connectivity index (χ0) is 14.0. The fraction of sp³-hybridized carbons (Fsp3) is 0. The molecular weight excluding hydrogens is 272 g/mol. The van der Waals surface area contributed by atoms with Crippen LogP contribution in [-0.4, -0.2) is 9.85 Å². The Morgan fingerprint density at radius 2 is 1.58 bits per heavy atom. The molecule has 0 N–H and O–H groups in total. The lowest BCUT2D eigenvalue weighted by Gasteiger charge is -2.04. The van der Waals surface area contributed by atoms with E-state index in [0.29, 0.717) is 5.56 Å². The van der Waals surface area contributed by atoms with Gasteiger partial charge in [-0.1, -0.05) is 41.9 Å². The van der Waals surface area contributed by atoms with Crippen LogP contribution >= 0.6 is 11.6 Å². The molecule has 0 aromatic heterocycles. The molecular formula is C12H7ClN2O4. The quantitative estimate of drug-likeness (QED) is 0.631. The van der Waals surface area contributed by atoms with Gasteiger partial charge >= 0.3 is 11.4 Å². The summed E-state index contributed by atoms with van der Waals surface area (Å²) in [6, 6.07) is 10.7. The molecule has 0 saturated heterocycles. The van der Waals surface area contributed by atoms with E-state index in [0.717, 1.165) is 6.07 Å². The highest BCUT2D eigenvalue weighted by atomic mass is 35.5. The van der Waals surface area contributed by atoms with Gasteiger partial charge in [0.15, 0.2) is 0 Å². The van der Waals surface area contributed by atoms with Gasteiger partial charge < -0.3 is 0 Å². The minimum absolute atomic E-state index is 0.0798. The van der Waals surface area contributed by atoms with Crippen LogP contribution in [0.4, 0.5) is 11.4 Å². The van der Waals surface area contributed by atoms with Crippen LogP contribution in [0, 0.1) is 20.2 Å². The smallest absolute Gasteiger partial charge is 0.258 e. The summed E-state index contributed by atoms with van der Waals surface area (Å²) >= 11 is 5.79. The van der Waals surface area contributed by atoms with Crippen LogP contribution in [0.1, 0.15) is 0 Å². The molecule has 0 aliphatic heterocycles. The first kappa shape index (κ1) is 13.0. The third kappa shape index (κ3) is 2.53. The standard InChI is InChI=1S/C12H7ClN2O4/c13-9-6-10(8-4-2-1-3-5-8)12(15(18)19)11(7-9)14(16)17/h1-7H. The van der Waals surface area contributed by atoms with Gasteiger partial charge in [0.05, 0.1) is 15.4 Å². The largest absolute Gasteiger partial charge is 0.353 e. The van der Waals surface area contributed by atoms with Gasteiger partial charge in [-0.15, -0.1) is 0 Å². The van der Waals surface area contributed by atoms with Crippen molar-refractivity contribution >= 4 is 23.0 Å². The molecule has 0 heterocycles. The zero-order valence-corrected chi connectivity index (χ0v) is 10.2. The summed E-state index contributed by atoms with van der Waals surface area (Å²) in [4.78, 5) is 20.4. The maximum atomic E-state index is 11.1. The van der Waals surface area contributed by atoms with E-state index in [-0.39, 0.29) is 10.6 Å². The first-order valence-electron chi connectivity index (χ1n) is 5.18. The number of hydrogen-bond acceptors (Lipinski definition) is 4. The fourth-order valence-corrected chi connectivity index (χ4v) is 1.97. The van der Waals surface area contributed by atoms with E-state index in [1.807, 2.05) is 0 Å². The zero-order valence-electron chi connectivity index (χ0n) is 9.45. The van der Waals surface area contributed by atoms with Gasteiger partial charge in [-0.25, -0.2) is 0 Å². The maximum absolute atomic E-state index is 11.1. The summed E-state index contributed by atoms with van der Waals surface area (Å²) in [5, 5.41) is 22.1. The molecule has 0 atom stereocenters. The van der Waals surface area contributed by atoms with Gasteiger partial charge in [0.2, 0.25) is 0 Å². The molecule has 6 nitrogen and oxygen atoms in total. The van der Waals surface area contributed by atoms with E-state index in [9.17, 15) is 20.2 Å². The molecule has 0 bridgehead atoms. The second-order valence-corrected chi connectivity index (χ2v) is 4.14. The summed E-state index contributed by atoms with van der Waals surface area (Å²) in [5.41, 5.74) is -0.540. The molecule has 2 rings (SSSR count). The van der Waals surface area contributed by atoms with Gasteiger partial charge in [0.25, 0.3) is 0 Å². The van der Waals surface area contributed by atoms with E-state index >= 15 is 0 Å². The molecule has 19 heavy (non-hydrogen) atoms. The summed E-state index contributed by atoms with van der Waals surface area (Å²) < 4.78 is 0. The molecule has 0 aliphatic rings. The molecule has 0 saturated carbocycles. The number of benzene rings is 2. The number of rotatable bonds is 3. The molecule has 0 radical (unpaired) electrons. The Kier molecular flexibility index (Phi) is 3.43. The topological polar surface area (TPSA) is 86.3 Å². The van der Waals surface area contributed by atoms with Crippen molar-refractivity contribution in [1.82, 2.24) is 0 Å². The van der Waals surface area contributed by atoms with Crippen LogP contribution in [0.3, 0.4) is 0 Å². The van der Waals surface area contributed by atoms with Crippen molar-refractivity contribution in [3.8, 4) is 11.1 Å². The molecule has 0 spiro atoms. The van der Waals surface area contributed by atoms with Crippen LogP contribution in [0.15, 0.2) is 42.5 Å². The summed E-state index contributed by atoms with van der Waals surface area (Å²) in [7, 11) is 0. The van der Waals surface area contributed by atoms with Gasteiger partial charge in [0.1, 0.15) is 0 Å². The van der Waals surface area contributed by atoms with Gasteiger partial charge in [-0.2, -0.15) is 0 Å². The van der Waals surface area contributed by atoms with Crippen molar-refractivity contribution in [3.63, 3.8) is 0 Å². The van der Waals surface area contributed by atoms with Crippen molar-refractivity contribution in [2.75, 3.05) is 0 Å². The number of hydrogen-bond donors (Lipinski definition) is 0. The molecule has 96 valence electrons. The first-order chi connectivity index (χ1) is 9.00. The van der Waals surface area contributed by atoms with Crippen molar-refractivity contribution < 1.29 is 9.85 Å². The van der Waals surface area contributed by atoms with E-state index in [1.54, 1.807) is 30.3 Å². The number of nitro benzene ring substituents is 2. The predicted octanol–water partition coefficient (Wildman–Crippen LogP) is 3.82. The summed E-state index contributed by atoms with van der Waals surface area (Å²) in [6.45, 7) is 0. The summed E-state index contributed by atoms with van der Waals surface area (Å²) in [5.74, 6) is 0. The fourth-order valence-electron chi connectivity index (χ4n) is 1.75. The molecule has 0 aliphatic carbocycles. The van der Waals surface area contributed by atoms with Crippen LogP contribution in [0.25, 0.3) is 11.1 Å². The van der Waals surface area contributed by atoms with Crippen LogP contribution in [-0.2, 0) is 0 Å². The first-order valence-corrected chi connectivity index (χ1v) is 5.56. The van der Waals surface area contributed by atoms with E-state index < -0.39 is 21.2 Å². The highest BCUT2D eigenvalue weighted by Crippen LogP contribution is 2.39. The van der Waals surface area contributed by atoms with Crippen LogP contribution in [0.5, 0.6) is 0 Å². The molecule has 0 unspecified atom stereocenters. The van der Waals surface area contributed by atoms with Crippen LogP contribution < -0.4 is 0 Å². The molecule has 0 fully saturated rings. The number of halogens is 1. The van der Waals surface area contributed by atoms with Gasteiger partial charge in [-0.3, -0.25) is 20.2 Å². The number of nitrogens with zero attached hydrogens (tertiary/aromatic N) is 2. The van der Waals surface area contributed by atoms with Crippen molar-refractivity contribution in [1.29, 1.82) is 0 Å². The minimum Gasteiger partial charge on any atom is -0.258 e. The average molecular weight is 279 g/mol. The third-order valence-corrected chi connectivity index (χ3v) is 2.74. The van der Waals surface area contributed by atoms with Gasteiger partial charge in [0, 0.05) is 11.1 Å². The Morgan fingerprint density at radius 3 is 2.11 bits per heavy atom. The highest BCUT2D eigenvalue weighted by Gasteiger charge is 2.29. The third-order valence-electron chi connectivity index (χ3n) is 2.52. The Morgan fingerprint density at radius 1 is 0.947 bits per heavy atom. The maximum Gasteiger partial charge on any atom is 0.353 e. The van der Waals surface area contributed by atoms with Crippen LogP contribution in [0.2, 0.25) is 5.02 Å². The molecule has 2 aromatic carbocycles. The minimum atomic E-state index is -0.809. The average Bonchev–Trinajstić information content (AvgIpc) is 2.38. The second kappa shape index (κ2) is 5.03. The number of nitro groups is 2. The Balaban J connectivity index is 2.80. The molecule has 2 aromatic rings. The van der Waals surface area contributed by atoms with Crippen molar-refractivity contribution in [2.45, 2.75) is 0 Å². The normalized spacial score (nSPS) is 10.2. The lowest BCUT2D eigenvalue weighted by molar-refractivity contribution is -0.422. The Bertz CT molecular complexity index is 658. The molecule has 0 amide bonds.